The topological polar surface area (TPSA) is 59.3 Å². The van der Waals surface area contributed by atoms with Crippen molar-refractivity contribution in [3.63, 3.8) is 0 Å². The van der Waals surface area contributed by atoms with Gasteiger partial charge in [0.05, 0.1) is 22.6 Å². The molecule has 0 amide bonds. The van der Waals surface area contributed by atoms with E-state index in [-0.39, 0.29) is 6.61 Å². The molecule has 0 bridgehead atoms. The number of halogens is 6. The van der Waals surface area contributed by atoms with Gasteiger partial charge in [-0.1, -0.05) is 0 Å². The summed E-state index contributed by atoms with van der Waals surface area (Å²) in [7, 11) is 0. The lowest BCUT2D eigenvalue weighted by molar-refractivity contribution is -0.275. The first-order chi connectivity index (χ1) is 10.5. The van der Waals surface area contributed by atoms with Crippen LogP contribution in [0.3, 0.4) is 0 Å². The summed E-state index contributed by atoms with van der Waals surface area (Å²) in [5.41, 5.74) is -6.51. The highest BCUT2D eigenvalue weighted by molar-refractivity contribution is 8.00. The molecular weight excluding hydrogens is 352 g/mol. The number of hydrogen-bond acceptors (Lipinski definition) is 5. The molecule has 0 unspecified atom stereocenters. The molecule has 11 heteroatoms. The third-order valence-corrected chi connectivity index (χ3v) is 3.01. The molecule has 0 N–H and O–H groups in total. The Hall–Kier alpha value is -2.09. The van der Waals surface area contributed by atoms with Gasteiger partial charge in [-0.2, -0.15) is 18.4 Å². The second-order valence-corrected chi connectivity index (χ2v) is 4.82. The summed E-state index contributed by atoms with van der Waals surface area (Å²) in [4.78, 5) is 10.6. The van der Waals surface area contributed by atoms with Crippen molar-refractivity contribution in [3.8, 4) is 11.8 Å². The van der Waals surface area contributed by atoms with Crippen LogP contribution in [0.15, 0.2) is 17.0 Å². The third kappa shape index (κ3) is 5.55. The van der Waals surface area contributed by atoms with E-state index in [1.165, 1.54) is 13.0 Å². The van der Waals surface area contributed by atoms with Crippen molar-refractivity contribution in [1.29, 1.82) is 5.26 Å². The minimum absolute atomic E-state index is 0.246. The van der Waals surface area contributed by atoms with E-state index >= 15 is 0 Å². The van der Waals surface area contributed by atoms with Crippen molar-refractivity contribution >= 4 is 17.7 Å². The highest BCUT2D eigenvalue weighted by Gasteiger charge is 2.38. The van der Waals surface area contributed by atoms with Crippen LogP contribution in [0.25, 0.3) is 0 Å². The van der Waals surface area contributed by atoms with Crippen LogP contribution in [-0.4, -0.2) is 24.4 Å². The SMILES string of the molecule is CCOC(=O)c1c(C#N)ccc(OC(F)(F)F)c1SC(F)(F)F. The molecule has 1 rings (SSSR count). The van der Waals surface area contributed by atoms with Gasteiger partial charge in [0, 0.05) is 0 Å². The molecule has 23 heavy (non-hydrogen) atoms. The lowest BCUT2D eigenvalue weighted by Crippen LogP contribution is -2.19. The average molecular weight is 359 g/mol. The van der Waals surface area contributed by atoms with E-state index in [1.54, 1.807) is 0 Å². The third-order valence-electron chi connectivity index (χ3n) is 2.17. The highest BCUT2D eigenvalue weighted by atomic mass is 32.2. The largest absolute Gasteiger partial charge is 0.573 e. The summed E-state index contributed by atoms with van der Waals surface area (Å²) in [5, 5.41) is 8.87. The van der Waals surface area contributed by atoms with Crippen molar-refractivity contribution in [3.05, 3.63) is 23.3 Å². The summed E-state index contributed by atoms with van der Waals surface area (Å²) in [6, 6.07) is 2.71. The number of carbonyl (C=O) groups is 1. The Kier molecular flexibility index (Phi) is 5.76. The first kappa shape index (κ1) is 19.0. The van der Waals surface area contributed by atoms with Crippen molar-refractivity contribution in [2.24, 2.45) is 0 Å². The molecule has 0 aliphatic carbocycles. The number of ether oxygens (including phenoxy) is 2. The van der Waals surface area contributed by atoms with Gasteiger partial charge in [0.25, 0.3) is 0 Å². The van der Waals surface area contributed by atoms with E-state index in [0.717, 1.165) is 6.07 Å². The van der Waals surface area contributed by atoms with Crippen LogP contribution in [0.1, 0.15) is 22.8 Å². The number of carbonyl (C=O) groups excluding carboxylic acids is 1. The van der Waals surface area contributed by atoms with Crippen molar-refractivity contribution < 1.29 is 40.6 Å². The zero-order valence-corrected chi connectivity index (χ0v) is 12.0. The van der Waals surface area contributed by atoms with Crippen LogP contribution in [0.5, 0.6) is 5.75 Å². The zero-order chi connectivity index (χ0) is 17.8. The molecule has 0 aliphatic heterocycles. The Morgan fingerprint density at radius 3 is 2.30 bits per heavy atom. The van der Waals surface area contributed by atoms with Gasteiger partial charge in [0.2, 0.25) is 0 Å². The summed E-state index contributed by atoms with van der Waals surface area (Å²) < 4.78 is 82.8. The van der Waals surface area contributed by atoms with Crippen LogP contribution in [0.2, 0.25) is 0 Å². The molecule has 0 spiro atoms. The van der Waals surface area contributed by atoms with Gasteiger partial charge in [-0.05, 0) is 30.8 Å². The highest BCUT2D eigenvalue weighted by Crippen LogP contribution is 2.45. The van der Waals surface area contributed by atoms with Crippen molar-refractivity contribution in [2.75, 3.05) is 6.61 Å². The second-order valence-electron chi connectivity index (χ2n) is 3.74. The van der Waals surface area contributed by atoms with E-state index in [1.807, 2.05) is 0 Å². The van der Waals surface area contributed by atoms with Gasteiger partial charge in [0.1, 0.15) is 11.8 Å². The smallest absolute Gasteiger partial charge is 0.462 e. The lowest BCUT2D eigenvalue weighted by Gasteiger charge is -2.17. The zero-order valence-electron chi connectivity index (χ0n) is 11.2. The lowest BCUT2D eigenvalue weighted by atomic mass is 10.1. The number of alkyl halides is 6. The summed E-state index contributed by atoms with van der Waals surface area (Å²) in [5.74, 6) is -2.61. The molecule has 1 aromatic rings. The summed E-state index contributed by atoms with van der Waals surface area (Å²) in [6.07, 6.45) is -5.28. The predicted octanol–water partition coefficient (Wildman–Crippen LogP) is 4.25. The quantitative estimate of drug-likeness (QED) is 0.457. The van der Waals surface area contributed by atoms with E-state index in [9.17, 15) is 31.1 Å². The number of thioether (sulfide) groups is 1. The van der Waals surface area contributed by atoms with Crippen LogP contribution < -0.4 is 4.74 Å². The maximum atomic E-state index is 12.6. The summed E-state index contributed by atoms with van der Waals surface area (Å²) in [6.45, 7) is 1.10. The number of hydrogen-bond donors (Lipinski definition) is 0. The van der Waals surface area contributed by atoms with Crippen LogP contribution >= 0.6 is 11.8 Å². The maximum Gasteiger partial charge on any atom is 0.573 e. The van der Waals surface area contributed by atoms with E-state index in [4.69, 9.17) is 5.26 Å². The maximum absolute atomic E-state index is 12.6. The van der Waals surface area contributed by atoms with Gasteiger partial charge < -0.3 is 9.47 Å². The Morgan fingerprint density at radius 1 is 1.26 bits per heavy atom. The first-order valence-electron chi connectivity index (χ1n) is 5.74. The Bertz CT molecular complexity index is 635. The Labute approximate surface area is 130 Å². The molecule has 1 aromatic carbocycles. The summed E-state index contributed by atoms with van der Waals surface area (Å²) >= 11 is -0.999. The van der Waals surface area contributed by atoms with E-state index < -0.39 is 51.4 Å². The molecule has 0 aliphatic rings. The molecule has 126 valence electrons. The molecule has 0 aromatic heterocycles. The Morgan fingerprint density at radius 2 is 1.87 bits per heavy atom. The standard InChI is InChI=1S/C12H7F6NO3S/c1-2-21-10(20)8-6(5-19)3-4-7(22-11(13,14)15)9(8)23-12(16,17)18/h3-4H,2H2,1H3. The van der Waals surface area contributed by atoms with Gasteiger partial charge in [-0.25, -0.2) is 4.79 Å². The number of nitrogens with zero attached hydrogens (tertiary/aromatic N) is 1. The van der Waals surface area contributed by atoms with Crippen LogP contribution in [0, 0.1) is 11.3 Å². The van der Waals surface area contributed by atoms with E-state index in [0.29, 0.717) is 6.07 Å². The number of rotatable bonds is 4. The minimum atomic E-state index is -5.28. The Balaban J connectivity index is 3.57. The molecule has 0 radical (unpaired) electrons. The van der Waals surface area contributed by atoms with Gasteiger partial charge in [-0.15, -0.1) is 13.2 Å². The van der Waals surface area contributed by atoms with Crippen molar-refractivity contribution in [1.82, 2.24) is 0 Å². The van der Waals surface area contributed by atoms with Crippen LogP contribution in [-0.2, 0) is 4.74 Å². The fraction of sp³-hybridized carbons (Fsp3) is 0.333. The molecule has 0 saturated heterocycles. The predicted molar refractivity (Wildman–Crippen MR) is 65.7 cm³/mol. The normalized spacial score (nSPS) is 11.7. The monoisotopic (exact) mass is 359 g/mol. The minimum Gasteiger partial charge on any atom is -0.462 e. The van der Waals surface area contributed by atoms with Gasteiger partial charge in [-0.3, -0.25) is 0 Å². The second kappa shape index (κ2) is 6.99. The van der Waals surface area contributed by atoms with Gasteiger partial charge >= 0.3 is 17.8 Å². The average Bonchev–Trinajstić information content (AvgIpc) is 2.37. The van der Waals surface area contributed by atoms with Crippen LogP contribution in [0.4, 0.5) is 26.3 Å². The fourth-order valence-corrected chi connectivity index (χ4v) is 2.22. The molecule has 0 heterocycles. The van der Waals surface area contributed by atoms with Crippen molar-refractivity contribution in [2.45, 2.75) is 23.7 Å². The fourth-order valence-electron chi connectivity index (χ4n) is 1.48. The number of nitriles is 1. The molecule has 0 fully saturated rings. The molecule has 4 nitrogen and oxygen atoms in total. The molecule has 0 saturated carbocycles. The first-order valence-corrected chi connectivity index (χ1v) is 6.56. The number of esters is 1. The number of benzene rings is 1. The van der Waals surface area contributed by atoms with E-state index in [2.05, 4.69) is 9.47 Å². The van der Waals surface area contributed by atoms with Gasteiger partial charge in [0.15, 0.2) is 0 Å². The molecular formula is C12H7F6NO3S. The molecule has 0 atom stereocenters.